The molecule has 4 nitrogen and oxygen atoms in total. The van der Waals surface area contributed by atoms with Gasteiger partial charge in [-0.05, 0) is 34.5 Å². The Morgan fingerprint density at radius 3 is 2.05 bits per heavy atom. The summed E-state index contributed by atoms with van der Waals surface area (Å²) in [6, 6.07) is 2.94. The number of carboxylic acids is 1. The third-order valence-electron chi connectivity index (χ3n) is 2.49. The first-order valence-electron chi connectivity index (χ1n) is 5.94. The summed E-state index contributed by atoms with van der Waals surface area (Å²) in [6.07, 6.45) is -0.361. The van der Waals surface area contributed by atoms with E-state index in [1.807, 2.05) is 0 Å². The second kappa shape index (κ2) is 9.95. The van der Waals surface area contributed by atoms with E-state index in [-0.39, 0.29) is 38.9 Å². The first-order valence-corrected chi connectivity index (χ1v) is 6.73. The van der Waals surface area contributed by atoms with Gasteiger partial charge >= 0.3 is 5.97 Å². The predicted molar refractivity (Wildman–Crippen MR) is 76.2 cm³/mol. The molecule has 0 saturated heterocycles. The average Bonchev–Trinajstić information content (AvgIpc) is 2.45. The van der Waals surface area contributed by atoms with Gasteiger partial charge in [0.1, 0.15) is 32.2 Å². The van der Waals surface area contributed by atoms with Gasteiger partial charge in [-0.15, -0.1) is 0 Å². The van der Waals surface area contributed by atoms with Gasteiger partial charge in [-0.2, -0.15) is 5.26 Å². The SMILES string of the molecule is CC(=O)CC(=O)O.N#Cc1cc(CF)c(CF)c(Br)c1CF. The fraction of sp³-hybridized carbons (Fsp3) is 0.357. The largest absolute Gasteiger partial charge is 0.481 e. The van der Waals surface area contributed by atoms with Gasteiger partial charge < -0.3 is 5.11 Å². The van der Waals surface area contributed by atoms with Crippen LogP contribution in [0.4, 0.5) is 13.2 Å². The standard InChI is InChI=1S/C10H7BrF3N.C4H6O3/c11-10-8(3-13)6(2-12)1-7(5-15)9(10)4-14;1-3(5)2-4(6)7/h1H,2-4H2;2H2,1H3,(H,6,7). The molecule has 0 heterocycles. The van der Waals surface area contributed by atoms with Crippen LogP contribution in [-0.4, -0.2) is 16.9 Å². The van der Waals surface area contributed by atoms with Gasteiger partial charge in [-0.1, -0.05) is 0 Å². The second-order valence-corrected chi connectivity index (χ2v) is 4.93. The number of halogens is 4. The Balaban J connectivity index is 0.000000534. The van der Waals surface area contributed by atoms with Crippen molar-refractivity contribution >= 4 is 27.7 Å². The van der Waals surface area contributed by atoms with E-state index in [0.29, 0.717) is 0 Å². The highest BCUT2D eigenvalue weighted by atomic mass is 79.9. The summed E-state index contributed by atoms with van der Waals surface area (Å²) in [5.74, 6) is -1.37. The summed E-state index contributed by atoms with van der Waals surface area (Å²) >= 11 is 2.99. The number of carbonyl (C=O) groups is 2. The lowest BCUT2D eigenvalue weighted by atomic mass is 10.0. The van der Waals surface area contributed by atoms with E-state index >= 15 is 0 Å². The molecule has 0 saturated carbocycles. The van der Waals surface area contributed by atoms with Gasteiger partial charge in [0, 0.05) is 15.6 Å². The molecule has 0 aliphatic rings. The highest BCUT2D eigenvalue weighted by Crippen LogP contribution is 2.30. The number of ketones is 1. The minimum absolute atomic E-state index is 0.0363. The number of alkyl halides is 3. The quantitative estimate of drug-likeness (QED) is 0.789. The molecular formula is C14H13BrF3NO3. The fourth-order valence-corrected chi connectivity index (χ4v) is 2.18. The van der Waals surface area contributed by atoms with E-state index < -0.39 is 26.0 Å². The number of hydrogen-bond donors (Lipinski definition) is 1. The van der Waals surface area contributed by atoms with E-state index in [4.69, 9.17) is 10.4 Å². The maximum atomic E-state index is 12.6. The molecule has 0 atom stereocenters. The maximum absolute atomic E-state index is 12.6. The van der Waals surface area contributed by atoms with Crippen molar-refractivity contribution in [2.45, 2.75) is 33.4 Å². The molecule has 1 rings (SSSR count). The van der Waals surface area contributed by atoms with Crippen LogP contribution in [0.25, 0.3) is 0 Å². The van der Waals surface area contributed by atoms with Crippen LogP contribution in [0.15, 0.2) is 10.5 Å². The Hall–Kier alpha value is -1.88. The van der Waals surface area contributed by atoms with Crippen LogP contribution in [0.3, 0.4) is 0 Å². The van der Waals surface area contributed by atoms with E-state index in [0.717, 1.165) is 0 Å². The number of Topliss-reactive ketones (excluding diaryl/α,β-unsaturated/α-hetero) is 1. The zero-order valence-corrected chi connectivity index (χ0v) is 13.2. The number of carbonyl (C=O) groups excluding carboxylic acids is 1. The summed E-state index contributed by atoms with van der Waals surface area (Å²) in [4.78, 5) is 19.5. The van der Waals surface area contributed by atoms with E-state index in [2.05, 4.69) is 15.9 Å². The molecule has 0 spiro atoms. The molecule has 0 radical (unpaired) electrons. The maximum Gasteiger partial charge on any atom is 0.310 e. The number of aliphatic carboxylic acids is 1. The average molecular weight is 380 g/mol. The first kappa shape index (κ1) is 20.1. The van der Waals surface area contributed by atoms with E-state index in [9.17, 15) is 22.8 Å². The summed E-state index contributed by atoms with van der Waals surface area (Å²) in [5, 5.41) is 16.6. The van der Waals surface area contributed by atoms with Crippen molar-refractivity contribution in [3.05, 3.63) is 32.8 Å². The van der Waals surface area contributed by atoms with Crippen LogP contribution in [0.5, 0.6) is 0 Å². The van der Waals surface area contributed by atoms with Crippen molar-refractivity contribution in [2.24, 2.45) is 0 Å². The number of rotatable bonds is 5. The number of nitrogens with zero attached hydrogens (tertiary/aromatic N) is 1. The lowest BCUT2D eigenvalue weighted by Crippen LogP contribution is -2.00. The van der Waals surface area contributed by atoms with Crippen molar-refractivity contribution in [2.75, 3.05) is 0 Å². The van der Waals surface area contributed by atoms with Gasteiger partial charge in [0.2, 0.25) is 0 Å². The summed E-state index contributed by atoms with van der Waals surface area (Å²) < 4.78 is 37.8. The Bertz CT molecular complexity index is 588. The van der Waals surface area contributed by atoms with E-state index in [1.165, 1.54) is 13.0 Å². The molecule has 1 N–H and O–H groups in total. The molecule has 0 fully saturated rings. The summed E-state index contributed by atoms with van der Waals surface area (Å²) in [5.41, 5.74) is 0.263. The monoisotopic (exact) mass is 379 g/mol. The number of nitriles is 1. The third-order valence-corrected chi connectivity index (χ3v) is 3.45. The van der Waals surface area contributed by atoms with Crippen molar-refractivity contribution in [1.29, 1.82) is 5.26 Å². The lowest BCUT2D eigenvalue weighted by Gasteiger charge is -2.10. The highest BCUT2D eigenvalue weighted by molar-refractivity contribution is 9.10. The summed E-state index contributed by atoms with van der Waals surface area (Å²) in [6.45, 7) is -1.41. The van der Waals surface area contributed by atoms with Gasteiger partial charge in [0.05, 0.1) is 11.6 Å². The van der Waals surface area contributed by atoms with Crippen LogP contribution >= 0.6 is 15.9 Å². The fourth-order valence-electron chi connectivity index (χ4n) is 1.50. The molecule has 0 aliphatic carbocycles. The van der Waals surface area contributed by atoms with Gasteiger partial charge in [-0.3, -0.25) is 9.59 Å². The molecule has 0 aromatic heterocycles. The Labute approximate surface area is 133 Å². The minimum atomic E-state index is -1.06. The molecule has 0 bridgehead atoms. The van der Waals surface area contributed by atoms with Crippen LogP contribution in [0, 0.1) is 11.3 Å². The Morgan fingerprint density at radius 1 is 1.23 bits per heavy atom. The smallest absolute Gasteiger partial charge is 0.310 e. The van der Waals surface area contributed by atoms with Crippen molar-refractivity contribution in [3.8, 4) is 6.07 Å². The molecule has 22 heavy (non-hydrogen) atoms. The predicted octanol–water partition coefficient (Wildman–Crippen LogP) is 3.78. The van der Waals surface area contributed by atoms with Gasteiger partial charge in [-0.25, -0.2) is 13.2 Å². The summed E-state index contributed by atoms with van der Waals surface area (Å²) in [7, 11) is 0. The minimum Gasteiger partial charge on any atom is -0.481 e. The van der Waals surface area contributed by atoms with Crippen LogP contribution in [0.1, 0.15) is 35.6 Å². The molecule has 0 unspecified atom stereocenters. The molecular weight excluding hydrogens is 367 g/mol. The third kappa shape index (κ3) is 5.85. The number of hydrogen-bond acceptors (Lipinski definition) is 3. The molecule has 8 heteroatoms. The van der Waals surface area contributed by atoms with Gasteiger partial charge in [0.25, 0.3) is 0 Å². The zero-order valence-electron chi connectivity index (χ0n) is 11.6. The molecule has 0 amide bonds. The molecule has 120 valence electrons. The van der Waals surface area contributed by atoms with Gasteiger partial charge in [0.15, 0.2) is 0 Å². The zero-order chi connectivity index (χ0) is 17.3. The first-order chi connectivity index (χ1) is 10.3. The number of carboxylic acid groups (broad SMARTS) is 1. The molecule has 1 aromatic rings. The van der Waals surface area contributed by atoms with E-state index in [1.54, 1.807) is 6.07 Å². The number of benzene rings is 1. The highest BCUT2D eigenvalue weighted by Gasteiger charge is 2.15. The van der Waals surface area contributed by atoms with Crippen molar-refractivity contribution in [3.63, 3.8) is 0 Å². The molecule has 1 aromatic carbocycles. The normalized spacial score (nSPS) is 9.45. The van der Waals surface area contributed by atoms with Crippen LogP contribution in [0.2, 0.25) is 0 Å². The molecule has 0 aliphatic heterocycles. The van der Waals surface area contributed by atoms with Crippen LogP contribution < -0.4 is 0 Å². The Morgan fingerprint density at radius 2 is 1.77 bits per heavy atom. The van der Waals surface area contributed by atoms with Crippen LogP contribution in [-0.2, 0) is 29.6 Å². The second-order valence-electron chi connectivity index (χ2n) is 4.14. The van der Waals surface area contributed by atoms with Crippen molar-refractivity contribution in [1.82, 2.24) is 0 Å². The van der Waals surface area contributed by atoms with Crippen molar-refractivity contribution < 1.29 is 27.9 Å². The Kier molecular flexibility index (Phi) is 9.10. The lowest BCUT2D eigenvalue weighted by molar-refractivity contribution is -0.139. The topological polar surface area (TPSA) is 78.2 Å².